The highest BCUT2D eigenvalue weighted by Gasteiger charge is 2.16. The standard InChI is InChI=1S/C19H27N3O2S/c1-4-22(5-2)11-7-10-20-18-15-12-14(25)8-9-17(15)21-13-16(18)19(23)24-6-3/h8-9,12-13,25H,4-7,10-11H2,1-3H3,(H,20,21). The van der Waals surface area contributed by atoms with Gasteiger partial charge in [-0.3, -0.25) is 4.98 Å². The lowest BCUT2D eigenvalue weighted by atomic mass is 10.1. The summed E-state index contributed by atoms with van der Waals surface area (Å²) < 4.78 is 5.18. The Bertz CT molecular complexity index is 717. The molecule has 1 aromatic heterocycles. The zero-order chi connectivity index (χ0) is 18.2. The molecule has 0 amide bonds. The quantitative estimate of drug-likeness (QED) is 0.404. The van der Waals surface area contributed by atoms with E-state index in [4.69, 9.17) is 4.74 Å². The predicted molar refractivity (Wildman–Crippen MR) is 106 cm³/mol. The minimum Gasteiger partial charge on any atom is -0.462 e. The summed E-state index contributed by atoms with van der Waals surface area (Å²) in [6.07, 6.45) is 2.58. The lowest BCUT2D eigenvalue weighted by Crippen LogP contribution is -2.25. The van der Waals surface area contributed by atoms with Gasteiger partial charge >= 0.3 is 5.97 Å². The van der Waals surface area contributed by atoms with Crippen molar-refractivity contribution in [3.05, 3.63) is 30.0 Å². The Labute approximate surface area is 155 Å². The van der Waals surface area contributed by atoms with Crippen LogP contribution < -0.4 is 5.32 Å². The second-order valence-electron chi connectivity index (χ2n) is 5.78. The van der Waals surface area contributed by atoms with E-state index in [1.807, 2.05) is 18.2 Å². The molecular weight excluding hydrogens is 334 g/mol. The molecule has 0 unspecified atom stereocenters. The molecule has 0 fully saturated rings. The van der Waals surface area contributed by atoms with Crippen LogP contribution in [-0.4, -0.2) is 48.6 Å². The van der Waals surface area contributed by atoms with Crippen LogP contribution in [0.3, 0.4) is 0 Å². The van der Waals surface area contributed by atoms with E-state index in [1.54, 1.807) is 13.1 Å². The van der Waals surface area contributed by atoms with Gasteiger partial charge in [-0.2, -0.15) is 0 Å². The molecule has 1 aromatic carbocycles. The number of carbonyl (C=O) groups is 1. The normalized spacial score (nSPS) is 11.1. The first-order valence-electron chi connectivity index (χ1n) is 8.85. The Kier molecular flexibility index (Phi) is 7.52. The van der Waals surface area contributed by atoms with Gasteiger partial charge in [0, 0.05) is 23.0 Å². The Balaban J connectivity index is 2.25. The fourth-order valence-electron chi connectivity index (χ4n) is 2.79. The number of rotatable bonds is 9. The molecular formula is C19H27N3O2S. The summed E-state index contributed by atoms with van der Waals surface area (Å²) in [5, 5.41) is 4.31. The maximum Gasteiger partial charge on any atom is 0.341 e. The van der Waals surface area contributed by atoms with Gasteiger partial charge in [-0.15, -0.1) is 12.6 Å². The number of nitrogens with one attached hydrogen (secondary N) is 1. The number of carbonyl (C=O) groups excluding carboxylic acids is 1. The summed E-state index contributed by atoms with van der Waals surface area (Å²) in [6.45, 7) is 10.4. The fourth-order valence-corrected chi connectivity index (χ4v) is 2.99. The lowest BCUT2D eigenvalue weighted by Gasteiger charge is -2.19. The van der Waals surface area contributed by atoms with Crippen LogP contribution in [0.2, 0.25) is 0 Å². The number of aromatic nitrogens is 1. The van der Waals surface area contributed by atoms with Gasteiger partial charge in [-0.25, -0.2) is 4.79 Å². The molecule has 2 rings (SSSR count). The number of esters is 1. The zero-order valence-corrected chi connectivity index (χ0v) is 16.1. The van der Waals surface area contributed by atoms with Crippen LogP contribution in [0, 0.1) is 0 Å². The first-order valence-corrected chi connectivity index (χ1v) is 9.30. The number of fused-ring (bicyclic) bond motifs is 1. The van der Waals surface area contributed by atoms with E-state index in [1.165, 1.54) is 0 Å². The van der Waals surface area contributed by atoms with Crippen LogP contribution in [0.25, 0.3) is 10.9 Å². The largest absolute Gasteiger partial charge is 0.462 e. The number of hydrogen-bond acceptors (Lipinski definition) is 6. The van der Waals surface area contributed by atoms with E-state index < -0.39 is 0 Å². The average Bonchev–Trinajstić information content (AvgIpc) is 2.62. The minimum absolute atomic E-state index is 0.338. The molecule has 0 saturated heterocycles. The summed E-state index contributed by atoms with van der Waals surface area (Å²) >= 11 is 4.42. The van der Waals surface area contributed by atoms with Crippen molar-refractivity contribution in [2.45, 2.75) is 32.1 Å². The molecule has 1 heterocycles. The van der Waals surface area contributed by atoms with Crippen LogP contribution in [0.4, 0.5) is 5.69 Å². The van der Waals surface area contributed by atoms with Gasteiger partial charge in [-0.05, 0) is 51.2 Å². The van der Waals surface area contributed by atoms with Gasteiger partial charge in [0.1, 0.15) is 5.56 Å². The molecule has 25 heavy (non-hydrogen) atoms. The molecule has 1 N–H and O–H groups in total. The second kappa shape index (κ2) is 9.63. The average molecular weight is 362 g/mol. The van der Waals surface area contributed by atoms with Crippen molar-refractivity contribution in [1.82, 2.24) is 9.88 Å². The number of thiol groups is 1. The van der Waals surface area contributed by atoms with Gasteiger partial charge in [0.15, 0.2) is 0 Å². The van der Waals surface area contributed by atoms with Gasteiger partial charge in [0.25, 0.3) is 0 Å². The number of hydrogen-bond donors (Lipinski definition) is 2. The zero-order valence-electron chi connectivity index (χ0n) is 15.2. The summed E-state index contributed by atoms with van der Waals surface area (Å²) in [5.41, 5.74) is 2.08. The van der Waals surface area contributed by atoms with E-state index in [2.05, 4.69) is 41.7 Å². The maximum absolute atomic E-state index is 12.3. The molecule has 0 aliphatic heterocycles. The molecule has 0 spiro atoms. The SMILES string of the molecule is CCOC(=O)c1cnc2ccc(S)cc2c1NCCCN(CC)CC. The fraction of sp³-hybridized carbons (Fsp3) is 0.474. The topological polar surface area (TPSA) is 54.5 Å². The molecule has 0 radical (unpaired) electrons. The smallest absolute Gasteiger partial charge is 0.341 e. The van der Waals surface area contributed by atoms with Crippen molar-refractivity contribution in [3.63, 3.8) is 0 Å². The monoisotopic (exact) mass is 361 g/mol. The Morgan fingerprint density at radius 2 is 2.04 bits per heavy atom. The molecule has 6 heteroatoms. The Morgan fingerprint density at radius 3 is 2.72 bits per heavy atom. The Morgan fingerprint density at radius 1 is 1.28 bits per heavy atom. The highest BCUT2D eigenvalue weighted by atomic mass is 32.1. The van der Waals surface area contributed by atoms with E-state index in [9.17, 15) is 4.79 Å². The van der Waals surface area contributed by atoms with E-state index in [0.29, 0.717) is 12.2 Å². The second-order valence-corrected chi connectivity index (χ2v) is 6.29. The van der Waals surface area contributed by atoms with E-state index in [-0.39, 0.29) is 5.97 Å². The summed E-state index contributed by atoms with van der Waals surface area (Å²) in [6, 6.07) is 5.74. The first-order chi connectivity index (χ1) is 12.1. The molecule has 2 aromatic rings. The van der Waals surface area contributed by atoms with Crippen LogP contribution in [0.15, 0.2) is 29.3 Å². The molecule has 5 nitrogen and oxygen atoms in total. The third-order valence-electron chi connectivity index (χ3n) is 4.19. The van der Waals surface area contributed by atoms with Crippen molar-refractivity contribution in [2.75, 3.05) is 38.1 Å². The van der Waals surface area contributed by atoms with Crippen LogP contribution in [0.5, 0.6) is 0 Å². The molecule has 0 aliphatic carbocycles. The van der Waals surface area contributed by atoms with Crippen LogP contribution >= 0.6 is 12.6 Å². The molecule has 0 aliphatic rings. The van der Waals surface area contributed by atoms with E-state index in [0.717, 1.165) is 54.1 Å². The first kappa shape index (κ1) is 19.5. The predicted octanol–water partition coefficient (Wildman–Crippen LogP) is 3.84. The minimum atomic E-state index is -0.354. The number of nitrogens with zero attached hydrogens (tertiary/aromatic N) is 2. The van der Waals surface area contributed by atoms with Gasteiger partial charge in [0.05, 0.1) is 17.8 Å². The Hall–Kier alpha value is -1.79. The van der Waals surface area contributed by atoms with Crippen molar-refractivity contribution in [3.8, 4) is 0 Å². The lowest BCUT2D eigenvalue weighted by molar-refractivity contribution is 0.0527. The van der Waals surface area contributed by atoms with Gasteiger partial charge in [-0.1, -0.05) is 13.8 Å². The summed E-state index contributed by atoms with van der Waals surface area (Å²) in [7, 11) is 0. The third kappa shape index (κ3) is 5.09. The maximum atomic E-state index is 12.3. The van der Waals surface area contributed by atoms with Crippen molar-refractivity contribution < 1.29 is 9.53 Å². The van der Waals surface area contributed by atoms with Gasteiger partial charge in [0.2, 0.25) is 0 Å². The van der Waals surface area contributed by atoms with Gasteiger partial charge < -0.3 is 15.0 Å². The summed E-state index contributed by atoms with van der Waals surface area (Å²) in [4.78, 5) is 19.9. The molecule has 0 atom stereocenters. The molecule has 0 saturated carbocycles. The highest BCUT2D eigenvalue weighted by molar-refractivity contribution is 7.80. The van der Waals surface area contributed by atoms with E-state index >= 15 is 0 Å². The number of ether oxygens (including phenoxy) is 1. The number of anilines is 1. The highest BCUT2D eigenvalue weighted by Crippen LogP contribution is 2.28. The van der Waals surface area contributed by atoms with Crippen LogP contribution in [-0.2, 0) is 4.74 Å². The van der Waals surface area contributed by atoms with Crippen molar-refractivity contribution >= 4 is 35.2 Å². The summed E-state index contributed by atoms with van der Waals surface area (Å²) in [5.74, 6) is -0.354. The third-order valence-corrected chi connectivity index (χ3v) is 4.47. The van der Waals surface area contributed by atoms with Crippen molar-refractivity contribution in [1.29, 1.82) is 0 Å². The number of benzene rings is 1. The molecule has 0 bridgehead atoms. The van der Waals surface area contributed by atoms with Crippen LogP contribution in [0.1, 0.15) is 37.6 Å². The van der Waals surface area contributed by atoms with Crippen molar-refractivity contribution in [2.24, 2.45) is 0 Å². The number of pyridine rings is 1. The molecule has 136 valence electrons.